The topological polar surface area (TPSA) is 107 Å². The number of halogens is 3. The molecule has 10 heteroatoms. The molecule has 3 aromatic heterocycles. The maximum absolute atomic E-state index is 12.4. The van der Waals surface area contributed by atoms with Gasteiger partial charge in [0.05, 0.1) is 29.4 Å². The minimum absolute atomic E-state index is 0.0302. The Kier molecular flexibility index (Phi) is 5.24. The number of hydrogen-bond acceptors (Lipinski definition) is 6. The molecule has 0 fully saturated rings. The number of nitrogens with one attached hydrogen (secondary N) is 2. The molecule has 0 spiro atoms. The van der Waals surface area contributed by atoms with Crippen LogP contribution in [0.25, 0.3) is 22.3 Å². The Balaban J connectivity index is 1.91. The van der Waals surface area contributed by atoms with Crippen molar-refractivity contribution in [3.8, 4) is 17.3 Å². The first-order valence-electron chi connectivity index (χ1n) is 8.68. The first-order valence-corrected chi connectivity index (χ1v) is 8.68. The number of H-pyrrole nitrogens is 1. The molecular weight excluding hydrogens is 385 g/mol. The molecule has 0 saturated heterocycles. The molecule has 3 heterocycles. The van der Waals surface area contributed by atoms with Gasteiger partial charge in [0, 0.05) is 29.8 Å². The molecule has 2 N–H and O–H groups in total. The van der Waals surface area contributed by atoms with Crippen molar-refractivity contribution < 1.29 is 18.0 Å². The molecule has 0 atom stereocenters. The lowest BCUT2D eigenvalue weighted by molar-refractivity contribution is -0.144. The molecule has 29 heavy (non-hydrogen) atoms. The molecule has 0 aliphatic rings. The van der Waals surface area contributed by atoms with Crippen molar-refractivity contribution in [2.75, 3.05) is 5.32 Å². The zero-order valence-corrected chi connectivity index (χ0v) is 15.6. The quantitative estimate of drug-likeness (QED) is 0.645. The molecule has 3 rings (SSSR count). The largest absolute Gasteiger partial charge is 0.389 e. The highest BCUT2D eigenvalue weighted by atomic mass is 19.4. The molecule has 3 aromatic rings. The summed E-state index contributed by atoms with van der Waals surface area (Å²) in [6, 6.07) is 5.58. The van der Waals surface area contributed by atoms with Crippen LogP contribution in [-0.4, -0.2) is 37.4 Å². The number of rotatable bonds is 6. The van der Waals surface area contributed by atoms with Gasteiger partial charge in [0.25, 0.3) is 0 Å². The number of aromatic amines is 1. The first kappa shape index (κ1) is 20.3. The summed E-state index contributed by atoms with van der Waals surface area (Å²) in [7, 11) is 0. The summed E-state index contributed by atoms with van der Waals surface area (Å²) < 4.78 is 37.2. The van der Waals surface area contributed by atoms with Gasteiger partial charge in [0.15, 0.2) is 5.78 Å². The van der Waals surface area contributed by atoms with Gasteiger partial charge >= 0.3 is 6.18 Å². The summed E-state index contributed by atoms with van der Waals surface area (Å²) in [5.41, 5.74) is 0.445. The second-order valence-electron chi connectivity index (χ2n) is 6.96. The van der Waals surface area contributed by atoms with Gasteiger partial charge < -0.3 is 10.3 Å². The molecule has 0 saturated carbocycles. The SMILES string of the molecule is CC(C)(Nc1ncc(C#N)c(-c2c[nH]c3ncccc23)n1)C(=O)CCC(F)(F)F. The first-order chi connectivity index (χ1) is 13.6. The van der Waals surface area contributed by atoms with Gasteiger partial charge in [0.2, 0.25) is 5.95 Å². The second kappa shape index (κ2) is 7.50. The number of nitrogens with zero attached hydrogens (tertiary/aromatic N) is 4. The van der Waals surface area contributed by atoms with Crippen molar-refractivity contribution in [1.82, 2.24) is 19.9 Å². The lowest BCUT2D eigenvalue weighted by atomic mass is 9.95. The summed E-state index contributed by atoms with van der Waals surface area (Å²) in [5, 5.41) is 12.9. The Labute approximate surface area is 164 Å². The smallest absolute Gasteiger partial charge is 0.345 e. The zero-order valence-electron chi connectivity index (χ0n) is 15.6. The number of pyridine rings is 1. The van der Waals surface area contributed by atoms with Gasteiger partial charge in [-0.1, -0.05) is 0 Å². The third-order valence-electron chi connectivity index (χ3n) is 4.37. The van der Waals surface area contributed by atoms with Gasteiger partial charge in [-0.15, -0.1) is 0 Å². The molecule has 0 radical (unpaired) electrons. The fourth-order valence-electron chi connectivity index (χ4n) is 2.80. The van der Waals surface area contributed by atoms with Gasteiger partial charge in [0.1, 0.15) is 11.7 Å². The Morgan fingerprint density at radius 3 is 2.76 bits per heavy atom. The average molecular weight is 402 g/mol. The van der Waals surface area contributed by atoms with Crippen LogP contribution in [0.5, 0.6) is 0 Å². The van der Waals surface area contributed by atoms with Crippen molar-refractivity contribution >= 4 is 22.8 Å². The van der Waals surface area contributed by atoms with Gasteiger partial charge in [-0.2, -0.15) is 18.4 Å². The minimum atomic E-state index is -4.41. The molecule has 0 aliphatic heterocycles. The summed E-state index contributed by atoms with van der Waals surface area (Å²) in [4.78, 5) is 27.8. The second-order valence-corrected chi connectivity index (χ2v) is 6.96. The fraction of sp³-hybridized carbons (Fsp3) is 0.316. The van der Waals surface area contributed by atoms with Gasteiger partial charge in [-0.25, -0.2) is 15.0 Å². The molecule has 0 aliphatic carbocycles. The van der Waals surface area contributed by atoms with Crippen LogP contribution < -0.4 is 5.32 Å². The normalized spacial score (nSPS) is 12.0. The Morgan fingerprint density at radius 1 is 1.31 bits per heavy atom. The van der Waals surface area contributed by atoms with E-state index in [2.05, 4.69) is 25.3 Å². The lowest BCUT2D eigenvalue weighted by Gasteiger charge is -2.25. The van der Waals surface area contributed by atoms with Crippen molar-refractivity contribution in [1.29, 1.82) is 5.26 Å². The Hall–Kier alpha value is -3.48. The van der Waals surface area contributed by atoms with Crippen LogP contribution in [0, 0.1) is 11.3 Å². The number of carbonyl (C=O) groups excluding carboxylic acids is 1. The fourth-order valence-corrected chi connectivity index (χ4v) is 2.80. The van der Waals surface area contributed by atoms with E-state index in [4.69, 9.17) is 0 Å². The highest BCUT2D eigenvalue weighted by Crippen LogP contribution is 2.30. The van der Waals surface area contributed by atoms with E-state index in [9.17, 15) is 23.2 Å². The number of ketones is 1. The average Bonchev–Trinajstić information content (AvgIpc) is 3.09. The highest BCUT2D eigenvalue weighted by Gasteiger charge is 2.34. The number of Topliss-reactive ketones (excluding diaryl/α,β-unsaturated/α-hetero) is 1. The maximum atomic E-state index is 12.4. The van der Waals surface area contributed by atoms with Crippen LogP contribution in [0.15, 0.2) is 30.7 Å². The number of anilines is 1. The molecule has 0 aromatic carbocycles. The predicted molar refractivity (Wildman–Crippen MR) is 99.8 cm³/mol. The van der Waals surface area contributed by atoms with Crippen molar-refractivity contribution in [3.63, 3.8) is 0 Å². The van der Waals surface area contributed by atoms with Crippen LogP contribution in [0.2, 0.25) is 0 Å². The molecule has 0 bridgehead atoms. The van der Waals surface area contributed by atoms with Crippen molar-refractivity contribution in [2.45, 2.75) is 38.4 Å². The highest BCUT2D eigenvalue weighted by molar-refractivity contribution is 5.94. The lowest BCUT2D eigenvalue weighted by Crippen LogP contribution is -2.41. The van der Waals surface area contributed by atoms with E-state index in [-0.39, 0.29) is 11.5 Å². The molecular formula is C19H17F3N6O. The summed E-state index contributed by atoms with van der Waals surface area (Å²) >= 11 is 0. The number of carbonyl (C=O) groups is 1. The Bertz CT molecular complexity index is 1100. The number of alkyl halides is 3. The predicted octanol–water partition coefficient (Wildman–Crippen LogP) is 3.99. The van der Waals surface area contributed by atoms with Gasteiger partial charge in [-0.3, -0.25) is 4.79 Å². The molecule has 0 unspecified atom stereocenters. The van der Waals surface area contributed by atoms with E-state index in [1.165, 1.54) is 20.0 Å². The summed E-state index contributed by atoms with van der Waals surface area (Å²) in [6.07, 6.45) is -1.68. The third-order valence-corrected chi connectivity index (χ3v) is 4.37. The summed E-state index contributed by atoms with van der Waals surface area (Å²) in [6.45, 7) is 2.92. The maximum Gasteiger partial charge on any atom is 0.389 e. The third kappa shape index (κ3) is 4.51. The standard InChI is InChI=1S/C19H17F3N6O/c1-18(2,14(29)5-6-19(20,21)22)28-17-26-9-11(8-23)15(27-17)13-10-25-16-12(13)4-3-7-24-16/h3-4,7,9-10H,5-6H2,1-2H3,(H,24,25)(H,26,27,28). The molecule has 0 amide bonds. The van der Waals surface area contributed by atoms with E-state index >= 15 is 0 Å². The van der Waals surface area contributed by atoms with Crippen LogP contribution in [0.3, 0.4) is 0 Å². The van der Waals surface area contributed by atoms with Crippen LogP contribution in [0.1, 0.15) is 32.3 Å². The number of aromatic nitrogens is 4. The Morgan fingerprint density at radius 2 is 2.07 bits per heavy atom. The van der Waals surface area contributed by atoms with E-state index in [0.717, 1.165) is 5.39 Å². The van der Waals surface area contributed by atoms with E-state index in [0.29, 0.717) is 16.9 Å². The van der Waals surface area contributed by atoms with Crippen LogP contribution in [0.4, 0.5) is 19.1 Å². The van der Waals surface area contributed by atoms with Crippen molar-refractivity contribution in [2.24, 2.45) is 0 Å². The van der Waals surface area contributed by atoms with Crippen LogP contribution >= 0.6 is 0 Å². The molecule has 7 nitrogen and oxygen atoms in total. The van der Waals surface area contributed by atoms with E-state index in [1.54, 1.807) is 18.5 Å². The molecule has 150 valence electrons. The van der Waals surface area contributed by atoms with E-state index in [1.807, 2.05) is 12.1 Å². The minimum Gasteiger partial charge on any atom is -0.345 e. The number of fused-ring (bicyclic) bond motifs is 1. The van der Waals surface area contributed by atoms with Crippen molar-refractivity contribution in [3.05, 3.63) is 36.3 Å². The number of hydrogen-bond donors (Lipinski definition) is 2. The number of nitriles is 1. The monoisotopic (exact) mass is 402 g/mol. The van der Waals surface area contributed by atoms with E-state index < -0.39 is 30.3 Å². The summed E-state index contributed by atoms with van der Waals surface area (Å²) in [5.74, 6) is -0.594. The van der Waals surface area contributed by atoms with Gasteiger partial charge in [-0.05, 0) is 26.0 Å². The zero-order chi connectivity index (χ0) is 21.2. The van der Waals surface area contributed by atoms with Crippen LogP contribution in [-0.2, 0) is 4.79 Å².